The molecule has 9 heteroatoms. The van der Waals surface area contributed by atoms with Crippen molar-refractivity contribution in [2.24, 2.45) is 0 Å². The SMILES string of the molecule is O=C(c1ccc(Br)cc1NS(=O)(=O)c1cccc2nccnc12)N1CCCc2ccccc2C1. The van der Waals surface area contributed by atoms with Crippen molar-refractivity contribution in [3.05, 3.63) is 94.2 Å². The number of aromatic nitrogens is 2. The Morgan fingerprint density at radius 1 is 0.971 bits per heavy atom. The van der Waals surface area contributed by atoms with Gasteiger partial charge in [0.1, 0.15) is 10.4 Å². The van der Waals surface area contributed by atoms with E-state index in [9.17, 15) is 13.2 Å². The number of anilines is 1. The van der Waals surface area contributed by atoms with Crippen molar-refractivity contribution in [3.63, 3.8) is 0 Å². The number of halogens is 1. The predicted molar refractivity (Wildman–Crippen MR) is 134 cm³/mol. The molecule has 2 heterocycles. The Bertz CT molecular complexity index is 1500. The highest BCUT2D eigenvalue weighted by Gasteiger charge is 2.26. The molecule has 0 atom stereocenters. The monoisotopic (exact) mass is 536 g/mol. The number of nitrogens with one attached hydrogen (secondary N) is 1. The number of sulfonamides is 1. The maximum atomic E-state index is 13.6. The zero-order valence-electron chi connectivity index (χ0n) is 18.1. The number of fused-ring (bicyclic) bond motifs is 2. The Morgan fingerprint density at radius 2 is 1.76 bits per heavy atom. The molecule has 0 saturated carbocycles. The molecule has 1 aliphatic rings. The summed E-state index contributed by atoms with van der Waals surface area (Å²) in [5.74, 6) is -0.223. The minimum atomic E-state index is -4.04. The fraction of sp³-hybridized carbons (Fsp3) is 0.160. The number of amides is 1. The van der Waals surface area contributed by atoms with Gasteiger partial charge in [-0.15, -0.1) is 0 Å². The topological polar surface area (TPSA) is 92.3 Å². The van der Waals surface area contributed by atoms with E-state index in [0.29, 0.717) is 23.1 Å². The third kappa shape index (κ3) is 4.41. The van der Waals surface area contributed by atoms with Crippen molar-refractivity contribution in [3.8, 4) is 0 Å². The first-order chi connectivity index (χ1) is 16.4. The molecular formula is C25H21BrN4O3S. The van der Waals surface area contributed by atoms with Gasteiger partial charge in [-0.05, 0) is 54.3 Å². The van der Waals surface area contributed by atoms with E-state index in [1.807, 2.05) is 18.2 Å². The van der Waals surface area contributed by atoms with Crippen LogP contribution in [-0.2, 0) is 23.0 Å². The predicted octanol–water partition coefficient (Wildman–Crippen LogP) is 4.78. The lowest BCUT2D eigenvalue weighted by Crippen LogP contribution is -2.31. The molecule has 4 aromatic rings. The van der Waals surface area contributed by atoms with Gasteiger partial charge >= 0.3 is 0 Å². The zero-order chi connectivity index (χ0) is 23.7. The van der Waals surface area contributed by atoms with E-state index in [0.717, 1.165) is 18.4 Å². The molecule has 0 unspecified atom stereocenters. The molecule has 1 N–H and O–H groups in total. The Kier molecular flexibility index (Phi) is 6.05. The average molecular weight is 537 g/mol. The van der Waals surface area contributed by atoms with E-state index in [-0.39, 0.29) is 27.6 Å². The molecule has 1 aromatic heterocycles. The van der Waals surface area contributed by atoms with Crippen LogP contribution in [-0.4, -0.2) is 35.7 Å². The van der Waals surface area contributed by atoms with Gasteiger partial charge < -0.3 is 4.90 Å². The van der Waals surface area contributed by atoms with Gasteiger partial charge in [-0.25, -0.2) is 8.42 Å². The van der Waals surface area contributed by atoms with Gasteiger partial charge in [0.25, 0.3) is 15.9 Å². The summed E-state index contributed by atoms with van der Waals surface area (Å²) in [6, 6.07) is 17.9. The summed E-state index contributed by atoms with van der Waals surface area (Å²) in [7, 11) is -4.04. The van der Waals surface area contributed by atoms with Crippen LogP contribution in [0.4, 0.5) is 5.69 Å². The Balaban J connectivity index is 1.50. The highest BCUT2D eigenvalue weighted by molar-refractivity contribution is 9.10. The van der Waals surface area contributed by atoms with Gasteiger partial charge in [0.05, 0.1) is 16.8 Å². The van der Waals surface area contributed by atoms with Crippen LogP contribution in [0.25, 0.3) is 11.0 Å². The van der Waals surface area contributed by atoms with E-state index in [1.54, 1.807) is 35.2 Å². The van der Waals surface area contributed by atoms with Crippen LogP contribution in [0.5, 0.6) is 0 Å². The molecule has 0 fully saturated rings. The number of rotatable bonds is 4. The summed E-state index contributed by atoms with van der Waals surface area (Å²) < 4.78 is 30.0. The smallest absolute Gasteiger partial charge is 0.264 e. The number of carbonyl (C=O) groups is 1. The molecule has 172 valence electrons. The summed E-state index contributed by atoms with van der Waals surface area (Å²) in [6.07, 6.45) is 4.71. The van der Waals surface area contributed by atoms with Crippen LogP contribution >= 0.6 is 15.9 Å². The summed E-state index contributed by atoms with van der Waals surface area (Å²) in [5, 5.41) is 0. The Labute approximate surface area is 206 Å². The van der Waals surface area contributed by atoms with Crippen molar-refractivity contribution in [2.45, 2.75) is 24.3 Å². The van der Waals surface area contributed by atoms with E-state index >= 15 is 0 Å². The third-order valence-corrected chi connectivity index (χ3v) is 7.74. The van der Waals surface area contributed by atoms with Crippen molar-refractivity contribution in [1.29, 1.82) is 0 Å². The maximum Gasteiger partial charge on any atom is 0.264 e. The number of para-hydroxylation sites is 1. The standard InChI is InChI=1S/C25H21BrN4O3S/c26-19-10-11-20(25(31)30-14-4-7-17-5-1-2-6-18(17)16-30)22(15-19)29-34(32,33)23-9-3-8-21-24(23)28-13-12-27-21/h1-3,5-6,8-13,15,29H,4,7,14,16H2. The lowest BCUT2D eigenvalue weighted by atomic mass is 10.0. The van der Waals surface area contributed by atoms with Crippen molar-refractivity contribution >= 4 is 48.6 Å². The lowest BCUT2D eigenvalue weighted by Gasteiger charge is -2.23. The van der Waals surface area contributed by atoms with Crippen LogP contribution in [0, 0.1) is 0 Å². The molecule has 0 bridgehead atoms. The normalized spacial score (nSPS) is 13.9. The van der Waals surface area contributed by atoms with Crippen molar-refractivity contribution in [2.75, 3.05) is 11.3 Å². The molecule has 1 amide bonds. The van der Waals surface area contributed by atoms with E-state index in [2.05, 4.69) is 36.7 Å². The quantitative estimate of drug-likeness (QED) is 0.405. The number of hydrogen-bond donors (Lipinski definition) is 1. The molecule has 34 heavy (non-hydrogen) atoms. The number of carbonyl (C=O) groups excluding carboxylic acids is 1. The minimum Gasteiger partial charge on any atom is -0.334 e. The second-order valence-corrected chi connectivity index (χ2v) is 10.6. The molecule has 1 aliphatic heterocycles. The molecule has 5 rings (SSSR count). The lowest BCUT2D eigenvalue weighted by molar-refractivity contribution is 0.0747. The van der Waals surface area contributed by atoms with Crippen LogP contribution in [0.3, 0.4) is 0 Å². The highest BCUT2D eigenvalue weighted by atomic mass is 79.9. The largest absolute Gasteiger partial charge is 0.334 e. The van der Waals surface area contributed by atoms with Crippen LogP contribution in [0.2, 0.25) is 0 Å². The second kappa shape index (κ2) is 9.15. The maximum absolute atomic E-state index is 13.6. The van der Waals surface area contributed by atoms with Crippen LogP contribution in [0.1, 0.15) is 27.9 Å². The Morgan fingerprint density at radius 3 is 2.62 bits per heavy atom. The summed E-state index contributed by atoms with van der Waals surface area (Å²) in [6.45, 7) is 1.07. The second-order valence-electron chi connectivity index (χ2n) is 8.07. The van der Waals surface area contributed by atoms with E-state index in [4.69, 9.17) is 0 Å². The summed E-state index contributed by atoms with van der Waals surface area (Å²) >= 11 is 3.40. The van der Waals surface area contributed by atoms with Gasteiger partial charge in [0, 0.05) is 30.0 Å². The molecule has 0 aliphatic carbocycles. The Hall–Kier alpha value is -3.30. The highest BCUT2D eigenvalue weighted by Crippen LogP contribution is 2.29. The molecule has 0 radical (unpaired) electrons. The first-order valence-corrected chi connectivity index (χ1v) is 13.1. The fourth-order valence-corrected chi connectivity index (χ4v) is 5.81. The third-order valence-electron chi connectivity index (χ3n) is 5.85. The van der Waals surface area contributed by atoms with Gasteiger partial charge in [-0.1, -0.05) is 46.3 Å². The minimum absolute atomic E-state index is 0.000161. The van der Waals surface area contributed by atoms with Crippen molar-refractivity contribution < 1.29 is 13.2 Å². The average Bonchev–Trinajstić information content (AvgIpc) is 3.06. The molecular weight excluding hydrogens is 516 g/mol. The van der Waals surface area contributed by atoms with E-state index in [1.165, 1.54) is 24.0 Å². The molecule has 0 saturated heterocycles. The van der Waals surface area contributed by atoms with Gasteiger partial charge in [-0.2, -0.15) is 0 Å². The van der Waals surface area contributed by atoms with E-state index < -0.39 is 10.0 Å². The van der Waals surface area contributed by atoms with Gasteiger partial charge in [0.2, 0.25) is 0 Å². The number of aryl methyl sites for hydroxylation is 1. The fourth-order valence-electron chi connectivity index (χ4n) is 4.21. The number of benzene rings is 3. The molecule has 0 spiro atoms. The van der Waals surface area contributed by atoms with Gasteiger partial charge in [-0.3, -0.25) is 19.5 Å². The first kappa shape index (κ1) is 22.5. The molecule has 3 aromatic carbocycles. The summed E-state index contributed by atoms with van der Waals surface area (Å²) in [4.78, 5) is 23.7. The zero-order valence-corrected chi connectivity index (χ0v) is 20.5. The number of hydrogen-bond acceptors (Lipinski definition) is 5. The van der Waals surface area contributed by atoms with Gasteiger partial charge in [0.15, 0.2) is 0 Å². The van der Waals surface area contributed by atoms with Crippen LogP contribution in [0.15, 0.2) is 82.4 Å². The van der Waals surface area contributed by atoms with Crippen LogP contribution < -0.4 is 4.72 Å². The molecule has 7 nitrogen and oxygen atoms in total. The number of nitrogens with zero attached hydrogens (tertiary/aromatic N) is 3. The summed E-state index contributed by atoms with van der Waals surface area (Å²) in [5.41, 5.74) is 3.59. The first-order valence-electron chi connectivity index (χ1n) is 10.8. The van der Waals surface area contributed by atoms with Crippen molar-refractivity contribution in [1.82, 2.24) is 14.9 Å².